The second kappa shape index (κ2) is 6.01. The molecule has 0 fully saturated rings. The molecule has 2 rings (SSSR count). The lowest BCUT2D eigenvalue weighted by Gasteiger charge is -2.13. The van der Waals surface area contributed by atoms with Crippen molar-refractivity contribution in [2.45, 2.75) is 6.54 Å². The van der Waals surface area contributed by atoms with Gasteiger partial charge in [0.1, 0.15) is 12.0 Å². The molecule has 0 radical (unpaired) electrons. The van der Waals surface area contributed by atoms with Crippen LogP contribution in [0, 0.1) is 10.1 Å². The Kier molecular flexibility index (Phi) is 4.14. The molecule has 20 heavy (non-hydrogen) atoms. The minimum absolute atomic E-state index is 0.00844. The van der Waals surface area contributed by atoms with Crippen LogP contribution in [0.25, 0.3) is 0 Å². The fourth-order valence-corrected chi connectivity index (χ4v) is 1.70. The number of hydrogen-bond donors (Lipinski definition) is 1. The zero-order chi connectivity index (χ0) is 14.5. The van der Waals surface area contributed by atoms with Crippen LogP contribution in [0.5, 0.6) is 0 Å². The van der Waals surface area contributed by atoms with Crippen molar-refractivity contribution < 1.29 is 4.92 Å². The highest BCUT2D eigenvalue weighted by molar-refractivity contribution is 5.47. The number of aromatic nitrogens is 1. The third kappa shape index (κ3) is 3.44. The van der Waals surface area contributed by atoms with Crippen LogP contribution in [0.3, 0.4) is 0 Å². The average Bonchev–Trinajstić information content (AvgIpc) is 2.46. The number of benzene rings is 1. The Morgan fingerprint density at radius 3 is 2.40 bits per heavy atom. The van der Waals surface area contributed by atoms with Crippen LogP contribution in [0.4, 0.5) is 17.2 Å². The summed E-state index contributed by atoms with van der Waals surface area (Å²) in [5, 5.41) is 13.6. The van der Waals surface area contributed by atoms with E-state index >= 15 is 0 Å². The number of nitro groups is 1. The summed E-state index contributed by atoms with van der Waals surface area (Å²) in [5.74, 6) is 0.618. The maximum absolute atomic E-state index is 10.5. The van der Waals surface area contributed by atoms with Gasteiger partial charge in [0, 0.05) is 32.4 Å². The average molecular weight is 272 g/mol. The molecule has 0 saturated heterocycles. The fraction of sp³-hybridized carbons (Fsp3) is 0.214. The van der Waals surface area contributed by atoms with E-state index in [2.05, 4.69) is 10.3 Å². The molecule has 6 heteroatoms. The van der Waals surface area contributed by atoms with Gasteiger partial charge in [-0.2, -0.15) is 0 Å². The Morgan fingerprint density at radius 2 is 1.90 bits per heavy atom. The molecule has 2 aromatic rings. The molecule has 0 saturated carbocycles. The topological polar surface area (TPSA) is 71.3 Å². The molecule has 0 unspecified atom stereocenters. The molecule has 0 amide bonds. The maximum Gasteiger partial charge on any atom is 0.287 e. The molecule has 1 aromatic heterocycles. The molecule has 0 bridgehead atoms. The summed E-state index contributed by atoms with van der Waals surface area (Å²) in [6, 6.07) is 11.2. The molecule has 0 atom stereocenters. The van der Waals surface area contributed by atoms with Gasteiger partial charge in [-0.1, -0.05) is 12.1 Å². The van der Waals surface area contributed by atoms with Crippen molar-refractivity contribution in [2.75, 3.05) is 24.3 Å². The van der Waals surface area contributed by atoms with Crippen LogP contribution < -0.4 is 10.2 Å². The summed E-state index contributed by atoms with van der Waals surface area (Å²) in [7, 11) is 3.99. The van der Waals surface area contributed by atoms with E-state index < -0.39 is 4.92 Å². The summed E-state index contributed by atoms with van der Waals surface area (Å²) < 4.78 is 0. The zero-order valence-corrected chi connectivity index (χ0v) is 11.4. The lowest BCUT2D eigenvalue weighted by Crippen LogP contribution is -2.08. The summed E-state index contributed by atoms with van der Waals surface area (Å²) in [6.45, 7) is 0.624. The van der Waals surface area contributed by atoms with Gasteiger partial charge < -0.3 is 10.2 Å². The van der Waals surface area contributed by atoms with Gasteiger partial charge in [0.15, 0.2) is 0 Å². The van der Waals surface area contributed by atoms with Crippen LogP contribution in [0.15, 0.2) is 42.6 Å². The quantitative estimate of drug-likeness (QED) is 0.669. The van der Waals surface area contributed by atoms with Gasteiger partial charge in [-0.25, -0.2) is 4.98 Å². The third-order valence-corrected chi connectivity index (χ3v) is 2.89. The van der Waals surface area contributed by atoms with Crippen LogP contribution in [0.1, 0.15) is 5.56 Å². The SMILES string of the molecule is CN(C)c1ccc(CNc2ccc([N+](=O)[O-])cn2)cc1. The highest BCUT2D eigenvalue weighted by Crippen LogP contribution is 2.15. The zero-order valence-electron chi connectivity index (χ0n) is 11.4. The van der Waals surface area contributed by atoms with Crippen molar-refractivity contribution in [3.05, 3.63) is 58.3 Å². The largest absolute Gasteiger partial charge is 0.378 e. The van der Waals surface area contributed by atoms with E-state index in [4.69, 9.17) is 0 Å². The maximum atomic E-state index is 10.5. The van der Waals surface area contributed by atoms with Crippen molar-refractivity contribution in [1.82, 2.24) is 4.98 Å². The number of rotatable bonds is 5. The summed E-state index contributed by atoms with van der Waals surface area (Å²) >= 11 is 0. The Bertz CT molecular complexity index is 579. The Hall–Kier alpha value is -2.63. The van der Waals surface area contributed by atoms with Crippen LogP contribution >= 0.6 is 0 Å². The van der Waals surface area contributed by atoms with E-state index in [1.165, 1.54) is 12.3 Å². The highest BCUT2D eigenvalue weighted by Gasteiger charge is 2.04. The molecule has 0 aliphatic carbocycles. The van der Waals surface area contributed by atoms with Gasteiger partial charge in [-0.05, 0) is 23.8 Å². The van der Waals surface area contributed by atoms with Crippen LogP contribution in [-0.2, 0) is 6.54 Å². The van der Waals surface area contributed by atoms with E-state index in [0.29, 0.717) is 12.4 Å². The third-order valence-electron chi connectivity index (χ3n) is 2.89. The lowest BCUT2D eigenvalue weighted by molar-refractivity contribution is -0.385. The minimum atomic E-state index is -0.462. The van der Waals surface area contributed by atoms with Gasteiger partial charge in [0.2, 0.25) is 0 Å². The molecule has 1 heterocycles. The van der Waals surface area contributed by atoms with Crippen molar-refractivity contribution in [3.63, 3.8) is 0 Å². The molecule has 0 spiro atoms. The number of nitrogens with one attached hydrogen (secondary N) is 1. The van der Waals surface area contributed by atoms with Gasteiger partial charge in [0.05, 0.1) is 4.92 Å². The van der Waals surface area contributed by atoms with Crippen LogP contribution in [-0.4, -0.2) is 24.0 Å². The first-order chi connectivity index (χ1) is 9.56. The van der Waals surface area contributed by atoms with Gasteiger partial charge >= 0.3 is 0 Å². The first kappa shape index (κ1) is 13.8. The van der Waals surface area contributed by atoms with E-state index in [0.717, 1.165) is 11.3 Å². The Morgan fingerprint density at radius 1 is 1.20 bits per heavy atom. The standard InChI is InChI=1S/C14H16N4O2/c1-17(2)12-5-3-11(4-6-12)9-15-14-8-7-13(10-16-14)18(19)20/h3-8,10H,9H2,1-2H3,(H,15,16). The first-order valence-electron chi connectivity index (χ1n) is 6.17. The van der Waals surface area contributed by atoms with E-state index in [1.807, 2.05) is 43.3 Å². The van der Waals surface area contributed by atoms with E-state index in [1.54, 1.807) is 6.07 Å². The number of nitrogens with zero attached hydrogens (tertiary/aromatic N) is 3. The minimum Gasteiger partial charge on any atom is -0.378 e. The molecular formula is C14H16N4O2. The monoisotopic (exact) mass is 272 g/mol. The second-order valence-corrected chi connectivity index (χ2v) is 4.57. The van der Waals surface area contributed by atoms with Gasteiger partial charge in [0.25, 0.3) is 5.69 Å². The van der Waals surface area contributed by atoms with Crippen molar-refractivity contribution in [3.8, 4) is 0 Å². The molecular weight excluding hydrogens is 256 g/mol. The van der Waals surface area contributed by atoms with E-state index in [9.17, 15) is 10.1 Å². The molecule has 1 aromatic carbocycles. The first-order valence-corrected chi connectivity index (χ1v) is 6.17. The number of anilines is 2. The van der Waals surface area contributed by atoms with Crippen molar-refractivity contribution in [2.24, 2.45) is 0 Å². The predicted molar refractivity (Wildman–Crippen MR) is 79.0 cm³/mol. The second-order valence-electron chi connectivity index (χ2n) is 4.57. The Balaban J connectivity index is 1.96. The normalized spacial score (nSPS) is 10.1. The van der Waals surface area contributed by atoms with E-state index in [-0.39, 0.29) is 5.69 Å². The summed E-state index contributed by atoms with van der Waals surface area (Å²) in [5.41, 5.74) is 2.25. The molecule has 104 valence electrons. The van der Waals surface area contributed by atoms with Gasteiger partial charge in [-0.3, -0.25) is 10.1 Å². The molecule has 0 aliphatic rings. The molecule has 0 aliphatic heterocycles. The molecule has 6 nitrogen and oxygen atoms in total. The van der Waals surface area contributed by atoms with Crippen molar-refractivity contribution >= 4 is 17.2 Å². The molecule has 1 N–H and O–H groups in total. The predicted octanol–water partition coefficient (Wildman–Crippen LogP) is 2.67. The Labute approximate surface area is 117 Å². The van der Waals surface area contributed by atoms with Crippen LogP contribution in [0.2, 0.25) is 0 Å². The number of hydrogen-bond acceptors (Lipinski definition) is 5. The van der Waals surface area contributed by atoms with Gasteiger partial charge in [-0.15, -0.1) is 0 Å². The lowest BCUT2D eigenvalue weighted by atomic mass is 10.2. The fourth-order valence-electron chi connectivity index (χ4n) is 1.70. The highest BCUT2D eigenvalue weighted by atomic mass is 16.6. The number of pyridine rings is 1. The van der Waals surface area contributed by atoms with Crippen molar-refractivity contribution in [1.29, 1.82) is 0 Å². The summed E-state index contributed by atoms with van der Waals surface area (Å²) in [6.07, 6.45) is 1.25. The smallest absolute Gasteiger partial charge is 0.287 e. The summed E-state index contributed by atoms with van der Waals surface area (Å²) in [4.78, 5) is 16.1.